The number of piperidine rings is 1. The van der Waals surface area contributed by atoms with Gasteiger partial charge in [-0.2, -0.15) is 0 Å². The van der Waals surface area contributed by atoms with Crippen LogP contribution in [0.25, 0.3) is 0 Å². The molecule has 2 N–H and O–H groups in total. The second kappa shape index (κ2) is 11.7. The van der Waals surface area contributed by atoms with Gasteiger partial charge in [0.1, 0.15) is 0 Å². The van der Waals surface area contributed by atoms with Gasteiger partial charge in [0, 0.05) is 30.6 Å². The SMILES string of the molecule is CCNC(=NCc1sc(C)nc1C)NC1CCCN(Cc2ccccc2)C1.I. The van der Waals surface area contributed by atoms with Gasteiger partial charge in [0.25, 0.3) is 0 Å². The van der Waals surface area contributed by atoms with Crippen LogP contribution in [-0.4, -0.2) is 41.5 Å². The molecule has 2 heterocycles. The molecule has 0 radical (unpaired) electrons. The normalized spacial score (nSPS) is 17.8. The zero-order chi connectivity index (χ0) is 19.1. The first-order valence-electron chi connectivity index (χ1n) is 9.88. The largest absolute Gasteiger partial charge is 0.357 e. The maximum atomic E-state index is 4.81. The molecule has 2 aromatic rings. The number of rotatable bonds is 6. The molecule has 1 unspecified atom stereocenters. The molecule has 1 atom stereocenters. The lowest BCUT2D eigenvalue weighted by atomic mass is 10.0. The van der Waals surface area contributed by atoms with E-state index in [0.29, 0.717) is 12.6 Å². The van der Waals surface area contributed by atoms with Crippen LogP contribution in [0.4, 0.5) is 0 Å². The van der Waals surface area contributed by atoms with E-state index in [9.17, 15) is 0 Å². The molecule has 0 amide bonds. The maximum Gasteiger partial charge on any atom is 0.191 e. The van der Waals surface area contributed by atoms with Crippen LogP contribution in [0.2, 0.25) is 0 Å². The topological polar surface area (TPSA) is 52.6 Å². The molecule has 28 heavy (non-hydrogen) atoms. The summed E-state index contributed by atoms with van der Waals surface area (Å²) in [5, 5.41) is 8.16. The molecule has 1 aromatic heterocycles. The predicted molar refractivity (Wildman–Crippen MR) is 130 cm³/mol. The van der Waals surface area contributed by atoms with Gasteiger partial charge in [0.15, 0.2) is 5.96 Å². The number of thiazole rings is 1. The van der Waals surface area contributed by atoms with E-state index >= 15 is 0 Å². The van der Waals surface area contributed by atoms with Gasteiger partial charge in [-0.1, -0.05) is 30.3 Å². The van der Waals surface area contributed by atoms with Gasteiger partial charge in [0.2, 0.25) is 0 Å². The lowest BCUT2D eigenvalue weighted by Gasteiger charge is -2.34. The van der Waals surface area contributed by atoms with Crippen LogP contribution < -0.4 is 10.6 Å². The third-order valence-corrected chi connectivity index (χ3v) is 5.88. The number of nitrogens with zero attached hydrogens (tertiary/aromatic N) is 3. The molecule has 1 aromatic carbocycles. The summed E-state index contributed by atoms with van der Waals surface area (Å²) in [6.45, 7) is 11.0. The molecule has 3 rings (SSSR count). The Hall–Kier alpha value is -1.19. The third-order valence-electron chi connectivity index (χ3n) is 4.82. The number of aromatic nitrogens is 1. The first-order valence-corrected chi connectivity index (χ1v) is 10.7. The minimum Gasteiger partial charge on any atom is -0.357 e. The molecule has 1 fully saturated rings. The van der Waals surface area contributed by atoms with Gasteiger partial charge in [-0.3, -0.25) is 4.90 Å². The molecule has 7 heteroatoms. The van der Waals surface area contributed by atoms with E-state index in [0.717, 1.165) is 36.3 Å². The van der Waals surface area contributed by atoms with Crippen molar-refractivity contribution in [3.63, 3.8) is 0 Å². The number of benzene rings is 1. The summed E-state index contributed by atoms with van der Waals surface area (Å²) < 4.78 is 0. The zero-order valence-electron chi connectivity index (χ0n) is 17.1. The molecule has 0 bridgehead atoms. The highest BCUT2D eigenvalue weighted by molar-refractivity contribution is 14.0. The highest BCUT2D eigenvalue weighted by Crippen LogP contribution is 2.18. The lowest BCUT2D eigenvalue weighted by molar-refractivity contribution is 0.192. The van der Waals surface area contributed by atoms with Crippen molar-refractivity contribution in [3.05, 3.63) is 51.5 Å². The van der Waals surface area contributed by atoms with Crippen LogP contribution in [0.5, 0.6) is 0 Å². The van der Waals surface area contributed by atoms with Crippen LogP contribution in [0.1, 0.15) is 40.9 Å². The fourth-order valence-electron chi connectivity index (χ4n) is 3.54. The second-order valence-electron chi connectivity index (χ2n) is 7.14. The summed E-state index contributed by atoms with van der Waals surface area (Å²) >= 11 is 1.74. The van der Waals surface area contributed by atoms with Crippen molar-refractivity contribution in [2.24, 2.45) is 4.99 Å². The van der Waals surface area contributed by atoms with Crippen molar-refractivity contribution in [1.29, 1.82) is 0 Å². The van der Waals surface area contributed by atoms with Crippen LogP contribution in [0.3, 0.4) is 0 Å². The number of halogens is 1. The molecule has 154 valence electrons. The Bertz CT molecular complexity index is 747. The summed E-state index contributed by atoms with van der Waals surface area (Å²) in [4.78, 5) is 13.1. The minimum absolute atomic E-state index is 0. The second-order valence-corrected chi connectivity index (χ2v) is 8.43. The molecule has 1 saturated heterocycles. The number of nitrogens with one attached hydrogen (secondary N) is 2. The summed E-state index contributed by atoms with van der Waals surface area (Å²) in [6, 6.07) is 11.2. The Labute approximate surface area is 190 Å². The van der Waals surface area contributed by atoms with E-state index in [-0.39, 0.29) is 24.0 Å². The van der Waals surface area contributed by atoms with Gasteiger partial charge >= 0.3 is 0 Å². The Morgan fingerprint density at radius 2 is 2.07 bits per heavy atom. The van der Waals surface area contributed by atoms with E-state index < -0.39 is 0 Å². The number of aliphatic imine (C=N–C) groups is 1. The highest BCUT2D eigenvalue weighted by atomic mass is 127. The van der Waals surface area contributed by atoms with Gasteiger partial charge < -0.3 is 10.6 Å². The monoisotopic (exact) mass is 513 g/mol. The summed E-state index contributed by atoms with van der Waals surface area (Å²) in [6.07, 6.45) is 2.41. The minimum atomic E-state index is 0. The molecule has 0 aliphatic carbocycles. The maximum absolute atomic E-state index is 4.81. The van der Waals surface area contributed by atoms with E-state index in [1.54, 1.807) is 11.3 Å². The Kier molecular flexibility index (Phi) is 9.67. The van der Waals surface area contributed by atoms with Crippen molar-refractivity contribution >= 4 is 41.3 Å². The fourth-order valence-corrected chi connectivity index (χ4v) is 4.40. The average Bonchev–Trinajstić information content (AvgIpc) is 2.98. The van der Waals surface area contributed by atoms with Gasteiger partial charge in [-0.15, -0.1) is 35.3 Å². The molecule has 0 saturated carbocycles. The van der Waals surface area contributed by atoms with E-state index in [4.69, 9.17) is 4.99 Å². The van der Waals surface area contributed by atoms with Crippen molar-refractivity contribution in [2.75, 3.05) is 19.6 Å². The Morgan fingerprint density at radius 1 is 1.29 bits per heavy atom. The van der Waals surface area contributed by atoms with E-state index in [1.807, 2.05) is 0 Å². The van der Waals surface area contributed by atoms with Gasteiger partial charge in [-0.05, 0) is 45.7 Å². The molecule has 1 aliphatic heterocycles. The molecular weight excluding hydrogens is 481 g/mol. The third kappa shape index (κ3) is 7.00. The quantitative estimate of drug-likeness (QED) is 0.347. The number of hydrogen-bond donors (Lipinski definition) is 2. The fraction of sp³-hybridized carbons (Fsp3) is 0.524. The van der Waals surface area contributed by atoms with Crippen molar-refractivity contribution < 1.29 is 0 Å². The van der Waals surface area contributed by atoms with Gasteiger partial charge in [0.05, 0.1) is 17.2 Å². The smallest absolute Gasteiger partial charge is 0.191 e. The number of guanidine groups is 1. The number of aryl methyl sites for hydroxylation is 2. The first-order chi connectivity index (χ1) is 13.1. The summed E-state index contributed by atoms with van der Waals surface area (Å²) in [5.41, 5.74) is 2.48. The summed E-state index contributed by atoms with van der Waals surface area (Å²) in [7, 11) is 0. The van der Waals surface area contributed by atoms with Crippen molar-refractivity contribution in [3.8, 4) is 0 Å². The van der Waals surface area contributed by atoms with Crippen LogP contribution in [-0.2, 0) is 13.1 Å². The molecule has 1 aliphatic rings. The number of hydrogen-bond acceptors (Lipinski definition) is 4. The number of likely N-dealkylation sites (tertiary alicyclic amines) is 1. The zero-order valence-corrected chi connectivity index (χ0v) is 20.2. The Morgan fingerprint density at radius 3 is 2.75 bits per heavy atom. The van der Waals surface area contributed by atoms with Crippen LogP contribution in [0, 0.1) is 13.8 Å². The van der Waals surface area contributed by atoms with E-state index in [2.05, 4.69) is 71.6 Å². The summed E-state index contributed by atoms with van der Waals surface area (Å²) in [5.74, 6) is 0.912. The Balaban J connectivity index is 0.00000280. The molecular formula is C21H32IN5S. The predicted octanol–water partition coefficient (Wildman–Crippen LogP) is 4.10. The van der Waals surface area contributed by atoms with E-state index in [1.165, 1.54) is 29.8 Å². The van der Waals surface area contributed by atoms with Crippen LogP contribution >= 0.6 is 35.3 Å². The van der Waals surface area contributed by atoms with Crippen molar-refractivity contribution in [1.82, 2.24) is 20.5 Å². The average molecular weight is 513 g/mol. The molecule has 5 nitrogen and oxygen atoms in total. The lowest BCUT2D eigenvalue weighted by Crippen LogP contribution is -2.50. The van der Waals surface area contributed by atoms with Crippen molar-refractivity contribution in [2.45, 2.75) is 52.7 Å². The van der Waals surface area contributed by atoms with Gasteiger partial charge in [-0.25, -0.2) is 9.98 Å². The highest BCUT2D eigenvalue weighted by Gasteiger charge is 2.20. The molecule has 0 spiro atoms. The first kappa shape index (κ1) is 23.1. The standard InChI is InChI=1S/C21H31N5S.HI/c1-4-22-21(23-13-20-16(2)24-17(3)27-20)25-19-11-8-12-26(15-19)14-18-9-6-5-7-10-18;/h5-7,9-10,19H,4,8,11-15H2,1-3H3,(H2,22,23,25);1H. The van der Waals surface area contributed by atoms with Crippen LogP contribution in [0.15, 0.2) is 35.3 Å².